The number of rotatable bonds is 1. The Morgan fingerprint density at radius 1 is 0.882 bits per heavy atom. The lowest BCUT2D eigenvalue weighted by molar-refractivity contribution is -0.0832. The zero-order valence-corrected chi connectivity index (χ0v) is 11.0. The molecule has 0 aromatic carbocycles. The van der Waals surface area contributed by atoms with E-state index in [-0.39, 0.29) is 5.60 Å². The molecule has 3 fully saturated rings. The van der Waals surface area contributed by atoms with Crippen LogP contribution in [-0.2, 0) is 0 Å². The summed E-state index contributed by atoms with van der Waals surface area (Å²) in [5.74, 6) is 0.604. The molecule has 3 aliphatic rings. The van der Waals surface area contributed by atoms with Crippen molar-refractivity contribution in [2.75, 3.05) is 13.1 Å². The van der Waals surface area contributed by atoms with Gasteiger partial charge in [-0.1, -0.05) is 25.7 Å². The quantitative estimate of drug-likeness (QED) is 0.709. The van der Waals surface area contributed by atoms with Gasteiger partial charge in [-0.25, -0.2) is 0 Å². The fraction of sp³-hybridized carbons (Fsp3) is 1.00. The van der Waals surface area contributed by atoms with Crippen LogP contribution in [0.25, 0.3) is 0 Å². The van der Waals surface area contributed by atoms with E-state index in [1.807, 2.05) is 0 Å². The fourth-order valence-electron chi connectivity index (χ4n) is 4.46. The van der Waals surface area contributed by atoms with Crippen molar-refractivity contribution in [2.24, 2.45) is 5.92 Å². The van der Waals surface area contributed by atoms with E-state index in [4.69, 9.17) is 0 Å². The Labute approximate surface area is 105 Å². The van der Waals surface area contributed by atoms with Crippen LogP contribution < -0.4 is 0 Å². The van der Waals surface area contributed by atoms with Crippen LogP contribution in [0.4, 0.5) is 0 Å². The largest absolute Gasteiger partial charge is 0.389 e. The summed E-state index contributed by atoms with van der Waals surface area (Å²) in [6, 6.07) is 0.706. The second kappa shape index (κ2) is 4.89. The molecule has 0 radical (unpaired) electrons. The summed E-state index contributed by atoms with van der Waals surface area (Å²) in [5.41, 5.74) is -0.310. The first-order valence-electron chi connectivity index (χ1n) is 7.74. The van der Waals surface area contributed by atoms with Gasteiger partial charge in [-0.05, 0) is 51.0 Å². The maximum Gasteiger partial charge on any atom is 0.0702 e. The molecular weight excluding hydrogens is 210 g/mol. The number of hydrogen-bond acceptors (Lipinski definition) is 2. The minimum absolute atomic E-state index is 0.310. The van der Waals surface area contributed by atoms with Gasteiger partial charge in [-0.2, -0.15) is 0 Å². The minimum atomic E-state index is -0.310. The highest BCUT2D eigenvalue weighted by molar-refractivity contribution is 4.98. The molecule has 0 spiro atoms. The maximum atomic E-state index is 11.0. The van der Waals surface area contributed by atoms with E-state index in [9.17, 15) is 5.11 Å². The molecule has 2 aliphatic heterocycles. The number of aliphatic hydroxyl groups is 1. The SMILES string of the molecule is OC1(C2CCCCCC2)CCN2CCCC2C1. The molecular formula is C15H27NO. The van der Waals surface area contributed by atoms with Gasteiger partial charge >= 0.3 is 0 Å². The van der Waals surface area contributed by atoms with Crippen molar-refractivity contribution >= 4 is 0 Å². The predicted molar refractivity (Wildman–Crippen MR) is 70.0 cm³/mol. The highest BCUT2D eigenvalue weighted by Crippen LogP contribution is 2.42. The average Bonchev–Trinajstić information content (AvgIpc) is 2.61. The summed E-state index contributed by atoms with van der Waals surface area (Å²) in [6.45, 7) is 2.43. The van der Waals surface area contributed by atoms with Crippen LogP contribution in [-0.4, -0.2) is 34.7 Å². The molecule has 2 heteroatoms. The van der Waals surface area contributed by atoms with E-state index in [0.717, 1.165) is 19.4 Å². The minimum Gasteiger partial charge on any atom is -0.389 e. The van der Waals surface area contributed by atoms with Crippen molar-refractivity contribution < 1.29 is 5.11 Å². The monoisotopic (exact) mass is 237 g/mol. The fourth-order valence-corrected chi connectivity index (χ4v) is 4.46. The van der Waals surface area contributed by atoms with E-state index >= 15 is 0 Å². The maximum absolute atomic E-state index is 11.0. The predicted octanol–water partition coefficient (Wildman–Crippen LogP) is 2.95. The lowest BCUT2D eigenvalue weighted by atomic mass is 9.73. The summed E-state index contributed by atoms with van der Waals surface area (Å²) >= 11 is 0. The van der Waals surface area contributed by atoms with Crippen LogP contribution in [0.5, 0.6) is 0 Å². The first-order valence-corrected chi connectivity index (χ1v) is 7.74. The summed E-state index contributed by atoms with van der Waals surface area (Å²) in [7, 11) is 0. The summed E-state index contributed by atoms with van der Waals surface area (Å²) in [6.07, 6.45) is 12.8. The highest BCUT2D eigenvalue weighted by Gasteiger charge is 2.44. The van der Waals surface area contributed by atoms with Gasteiger partial charge in [0, 0.05) is 12.6 Å². The van der Waals surface area contributed by atoms with Gasteiger partial charge in [-0.3, -0.25) is 0 Å². The number of nitrogens with zero attached hydrogens (tertiary/aromatic N) is 1. The Bertz CT molecular complexity index is 260. The standard InChI is InChI=1S/C15H27NO/c17-15(13-6-3-1-2-4-7-13)9-11-16-10-5-8-14(16)12-15/h13-14,17H,1-12H2. The molecule has 2 nitrogen and oxygen atoms in total. The van der Waals surface area contributed by atoms with E-state index in [2.05, 4.69) is 4.90 Å². The van der Waals surface area contributed by atoms with Crippen molar-refractivity contribution in [3.05, 3.63) is 0 Å². The molecule has 0 amide bonds. The van der Waals surface area contributed by atoms with Crippen molar-refractivity contribution in [1.29, 1.82) is 0 Å². The Kier molecular flexibility index (Phi) is 3.45. The van der Waals surface area contributed by atoms with Gasteiger partial charge in [0.25, 0.3) is 0 Å². The van der Waals surface area contributed by atoms with E-state index < -0.39 is 0 Å². The van der Waals surface area contributed by atoms with Crippen molar-refractivity contribution in [2.45, 2.75) is 75.9 Å². The smallest absolute Gasteiger partial charge is 0.0702 e. The molecule has 1 aliphatic carbocycles. The van der Waals surface area contributed by atoms with Gasteiger partial charge < -0.3 is 10.0 Å². The molecule has 2 heterocycles. The summed E-state index contributed by atoms with van der Waals surface area (Å²) in [4.78, 5) is 2.62. The second-order valence-corrected chi connectivity index (χ2v) is 6.58. The molecule has 0 aromatic heterocycles. The molecule has 0 bridgehead atoms. The molecule has 17 heavy (non-hydrogen) atoms. The Morgan fingerprint density at radius 3 is 2.41 bits per heavy atom. The van der Waals surface area contributed by atoms with Gasteiger partial charge in [0.15, 0.2) is 0 Å². The van der Waals surface area contributed by atoms with Crippen LogP contribution in [0.2, 0.25) is 0 Å². The first kappa shape index (κ1) is 12.0. The summed E-state index contributed by atoms with van der Waals surface area (Å²) < 4.78 is 0. The second-order valence-electron chi connectivity index (χ2n) is 6.58. The van der Waals surface area contributed by atoms with Crippen LogP contribution in [0, 0.1) is 5.92 Å². The zero-order chi connectivity index (χ0) is 11.7. The summed E-state index contributed by atoms with van der Waals surface area (Å²) in [5, 5.41) is 11.0. The van der Waals surface area contributed by atoms with Gasteiger partial charge in [0.1, 0.15) is 0 Å². The highest BCUT2D eigenvalue weighted by atomic mass is 16.3. The van der Waals surface area contributed by atoms with Gasteiger partial charge in [-0.15, -0.1) is 0 Å². The van der Waals surface area contributed by atoms with Crippen molar-refractivity contribution in [1.82, 2.24) is 4.90 Å². The lowest BCUT2D eigenvalue weighted by Crippen LogP contribution is -2.51. The van der Waals surface area contributed by atoms with E-state index in [1.54, 1.807) is 0 Å². The molecule has 3 rings (SSSR count). The molecule has 1 saturated carbocycles. The number of fused-ring (bicyclic) bond motifs is 1. The van der Waals surface area contributed by atoms with Gasteiger partial charge in [0.05, 0.1) is 5.60 Å². The van der Waals surface area contributed by atoms with Crippen LogP contribution in [0.3, 0.4) is 0 Å². The Hall–Kier alpha value is -0.0800. The molecule has 1 N–H and O–H groups in total. The Balaban J connectivity index is 1.67. The topological polar surface area (TPSA) is 23.5 Å². The van der Waals surface area contributed by atoms with Crippen molar-refractivity contribution in [3.63, 3.8) is 0 Å². The van der Waals surface area contributed by atoms with Crippen LogP contribution in [0.15, 0.2) is 0 Å². The third kappa shape index (κ3) is 2.39. The Morgan fingerprint density at radius 2 is 1.65 bits per heavy atom. The van der Waals surface area contributed by atoms with Gasteiger partial charge in [0.2, 0.25) is 0 Å². The normalized spacial score (nSPS) is 41.1. The number of piperidine rings is 1. The third-order valence-electron chi connectivity index (χ3n) is 5.54. The van der Waals surface area contributed by atoms with Crippen molar-refractivity contribution in [3.8, 4) is 0 Å². The number of hydrogen-bond donors (Lipinski definition) is 1. The van der Waals surface area contributed by atoms with E-state index in [0.29, 0.717) is 12.0 Å². The molecule has 98 valence electrons. The lowest BCUT2D eigenvalue weighted by Gasteiger charge is -2.45. The zero-order valence-electron chi connectivity index (χ0n) is 11.0. The molecule has 0 aromatic rings. The van der Waals surface area contributed by atoms with E-state index in [1.165, 1.54) is 57.9 Å². The molecule has 2 atom stereocenters. The first-order chi connectivity index (χ1) is 8.28. The average molecular weight is 237 g/mol. The third-order valence-corrected chi connectivity index (χ3v) is 5.54. The molecule has 2 unspecified atom stereocenters. The van der Waals surface area contributed by atoms with Crippen LogP contribution in [0.1, 0.15) is 64.2 Å². The van der Waals surface area contributed by atoms with Crippen LogP contribution >= 0.6 is 0 Å². The molecule has 2 saturated heterocycles.